The lowest BCUT2D eigenvalue weighted by Crippen LogP contribution is -2.22. The third kappa shape index (κ3) is 2.38. The van der Waals surface area contributed by atoms with E-state index in [1.807, 2.05) is 24.5 Å². The lowest BCUT2D eigenvalue weighted by atomic mass is 10.0. The first-order chi connectivity index (χ1) is 9.34. The fourth-order valence-corrected chi connectivity index (χ4v) is 3.15. The molecule has 2 rings (SSSR count). The van der Waals surface area contributed by atoms with Gasteiger partial charge in [-0.05, 0) is 48.8 Å². The molecule has 5 heteroatoms. The van der Waals surface area contributed by atoms with Crippen molar-refractivity contribution >= 4 is 32.8 Å². The molecule has 4 nitrogen and oxygen atoms in total. The number of carboxylic acid groups (broad SMARTS) is 1. The Balaban J connectivity index is 2.99. The van der Waals surface area contributed by atoms with E-state index in [0.29, 0.717) is 16.6 Å². The van der Waals surface area contributed by atoms with Gasteiger partial charge in [0.15, 0.2) is 5.43 Å². The summed E-state index contributed by atoms with van der Waals surface area (Å²) >= 11 is 3.48. The molecule has 0 radical (unpaired) electrons. The van der Waals surface area contributed by atoms with Crippen molar-refractivity contribution in [1.29, 1.82) is 0 Å². The maximum atomic E-state index is 12.5. The molecule has 0 spiro atoms. The van der Waals surface area contributed by atoms with Crippen LogP contribution in [0.4, 0.5) is 0 Å². The summed E-state index contributed by atoms with van der Waals surface area (Å²) in [5, 5.41) is 9.57. The molecule has 0 saturated heterocycles. The molecule has 0 atom stereocenters. The number of benzene rings is 1. The topological polar surface area (TPSA) is 59.3 Å². The monoisotopic (exact) mass is 337 g/mol. The zero-order valence-electron chi connectivity index (χ0n) is 11.6. The molecule has 0 unspecified atom stereocenters. The number of aliphatic carboxylic acids is 1. The molecule has 1 heterocycles. The molecule has 0 saturated carbocycles. The fourth-order valence-electron chi connectivity index (χ4n) is 2.59. The van der Waals surface area contributed by atoms with Gasteiger partial charge in [-0.3, -0.25) is 9.59 Å². The molecular formula is C15H16BrNO3. The SMILES string of the molecule is Cc1c(CC(=O)O)c(=O)c2cccc(Br)c2n1C(C)C. The molecule has 0 aliphatic rings. The molecule has 20 heavy (non-hydrogen) atoms. The van der Waals surface area contributed by atoms with Crippen LogP contribution in [0.2, 0.25) is 0 Å². The number of pyridine rings is 1. The number of aromatic nitrogens is 1. The van der Waals surface area contributed by atoms with Crippen LogP contribution in [-0.2, 0) is 11.2 Å². The maximum absolute atomic E-state index is 12.5. The van der Waals surface area contributed by atoms with Gasteiger partial charge in [-0.25, -0.2) is 0 Å². The Labute approximate surface area is 125 Å². The van der Waals surface area contributed by atoms with E-state index in [0.717, 1.165) is 9.99 Å². The normalized spacial score (nSPS) is 11.2. The number of nitrogens with zero attached hydrogens (tertiary/aromatic N) is 1. The van der Waals surface area contributed by atoms with Gasteiger partial charge in [0.25, 0.3) is 0 Å². The summed E-state index contributed by atoms with van der Waals surface area (Å²) in [5.41, 5.74) is 1.70. The van der Waals surface area contributed by atoms with E-state index in [2.05, 4.69) is 15.9 Å². The van der Waals surface area contributed by atoms with Crippen molar-refractivity contribution in [3.05, 3.63) is 44.2 Å². The predicted octanol–water partition coefficient (Wildman–Crippen LogP) is 3.28. The summed E-state index contributed by atoms with van der Waals surface area (Å²) in [4.78, 5) is 23.5. The Kier molecular flexibility index (Phi) is 3.99. The third-order valence-corrected chi connectivity index (χ3v) is 4.03. The highest BCUT2D eigenvalue weighted by Crippen LogP contribution is 2.27. The van der Waals surface area contributed by atoms with E-state index in [4.69, 9.17) is 5.11 Å². The van der Waals surface area contributed by atoms with E-state index in [9.17, 15) is 9.59 Å². The summed E-state index contributed by atoms with van der Waals surface area (Å²) in [7, 11) is 0. The largest absolute Gasteiger partial charge is 0.481 e. The lowest BCUT2D eigenvalue weighted by Gasteiger charge is -2.21. The number of fused-ring (bicyclic) bond motifs is 1. The van der Waals surface area contributed by atoms with Crippen molar-refractivity contribution < 1.29 is 9.90 Å². The highest BCUT2D eigenvalue weighted by molar-refractivity contribution is 9.10. The number of carbonyl (C=O) groups is 1. The van der Waals surface area contributed by atoms with Crippen molar-refractivity contribution in [3.63, 3.8) is 0 Å². The van der Waals surface area contributed by atoms with E-state index < -0.39 is 5.97 Å². The Morgan fingerprint density at radius 3 is 2.60 bits per heavy atom. The third-order valence-electron chi connectivity index (χ3n) is 3.39. The van der Waals surface area contributed by atoms with Crippen LogP contribution in [-0.4, -0.2) is 15.6 Å². The molecule has 0 fully saturated rings. The van der Waals surface area contributed by atoms with Gasteiger partial charge in [0.2, 0.25) is 0 Å². The smallest absolute Gasteiger partial charge is 0.308 e. The summed E-state index contributed by atoms with van der Waals surface area (Å²) < 4.78 is 2.85. The molecule has 1 aromatic carbocycles. The predicted molar refractivity (Wildman–Crippen MR) is 82.4 cm³/mol. The van der Waals surface area contributed by atoms with Gasteiger partial charge in [-0.1, -0.05) is 6.07 Å². The molecule has 0 aliphatic heterocycles. The van der Waals surface area contributed by atoms with Gasteiger partial charge in [-0.2, -0.15) is 0 Å². The second-order valence-electron chi connectivity index (χ2n) is 5.06. The molecule has 1 N–H and O–H groups in total. The molecule has 0 aliphatic carbocycles. The number of para-hydroxylation sites is 1. The van der Waals surface area contributed by atoms with Crippen molar-refractivity contribution in [3.8, 4) is 0 Å². The minimum atomic E-state index is -0.991. The van der Waals surface area contributed by atoms with Crippen LogP contribution in [0.1, 0.15) is 31.1 Å². The number of hydrogen-bond donors (Lipinski definition) is 1. The van der Waals surface area contributed by atoms with Crippen molar-refractivity contribution in [1.82, 2.24) is 4.57 Å². The molecule has 0 amide bonds. The first kappa shape index (κ1) is 14.8. The van der Waals surface area contributed by atoms with Gasteiger partial charge in [0.1, 0.15) is 0 Å². The minimum absolute atomic E-state index is 0.129. The number of hydrogen-bond acceptors (Lipinski definition) is 2. The number of rotatable bonds is 3. The van der Waals surface area contributed by atoms with Crippen molar-refractivity contribution in [2.24, 2.45) is 0 Å². The molecule has 106 valence electrons. The zero-order valence-corrected chi connectivity index (χ0v) is 13.2. The quantitative estimate of drug-likeness (QED) is 0.934. The molecule has 0 bridgehead atoms. The highest BCUT2D eigenvalue weighted by atomic mass is 79.9. The minimum Gasteiger partial charge on any atom is -0.481 e. The Morgan fingerprint density at radius 1 is 1.40 bits per heavy atom. The standard InChI is InChI=1S/C15H16BrNO3/c1-8(2)17-9(3)11(7-13(18)19)15(20)10-5-4-6-12(16)14(10)17/h4-6,8H,7H2,1-3H3,(H,18,19). The van der Waals surface area contributed by atoms with Gasteiger partial charge in [0.05, 0.1) is 11.9 Å². The second kappa shape index (κ2) is 5.40. The van der Waals surface area contributed by atoms with E-state index >= 15 is 0 Å². The summed E-state index contributed by atoms with van der Waals surface area (Å²) in [5.74, 6) is -0.991. The van der Waals surface area contributed by atoms with Crippen LogP contribution in [0, 0.1) is 6.92 Å². The van der Waals surface area contributed by atoms with E-state index in [1.54, 1.807) is 19.1 Å². The first-order valence-corrected chi connectivity index (χ1v) is 7.18. The van der Waals surface area contributed by atoms with Crippen LogP contribution in [0.25, 0.3) is 10.9 Å². The lowest BCUT2D eigenvalue weighted by molar-refractivity contribution is -0.136. The van der Waals surface area contributed by atoms with Crippen molar-refractivity contribution in [2.75, 3.05) is 0 Å². The number of halogens is 1. The fraction of sp³-hybridized carbons (Fsp3) is 0.333. The molecule has 1 aromatic heterocycles. The van der Waals surface area contributed by atoms with Gasteiger partial charge in [-0.15, -0.1) is 0 Å². The van der Waals surface area contributed by atoms with Crippen molar-refractivity contribution in [2.45, 2.75) is 33.2 Å². The Morgan fingerprint density at radius 2 is 2.05 bits per heavy atom. The second-order valence-corrected chi connectivity index (χ2v) is 5.92. The van der Waals surface area contributed by atoms with Crippen LogP contribution in [0.15, 0.2) is 27.5 Å². The van der Waals surface area contributed by atoms with E-state index in [-0.39, 0.29) is 17.9 Å². The van der Waals surface area contributed by atoms with Crippen LogP contribution in [0.3, 0.4) is 0 Å². The average molecular weight is 338 g/mol. The van der Waals surface area contributed by atoms with Gasteiger partial charge < -0.3 is 9.67 Å². The van der Waals surface area contributed by atoms with Gasteiger partial charge in [0, 0.05) is 27.2 Å². The Hall–Kier alpha value is -1.62. The summed E-state index contributed by atoms with van der Waals surface area (Å²) in [6.45, 7) is 5.83. The van der Waals surface area contributed by atoms with Crippen LogP contribution >= 0.6 is 15.9 Å². The van der Waals surface area contributed by atoms with E-state index in [1.165, 1.54) is 0 Å². The first-order valence-electron chi connectivity index (χ1n) is 6.38. The maximum Gasteiger partial charge on any atom is 0.308 e. The van der Waals surface area contributed by atoms with Crippen LogP contribution < -0.4 is 5.43 Å². The van der Waals surface area contributed by atoms with Crippen LogP contribution in [0.5, 0.6) is 0 Å². The highest BCUT2D eigenvalue weighted by Gasteiger charge is 2.18. The zero-order chi connectivity index (χ0) is 15.0. The average Bonchev–Trinajstić information content (AvgIpc) is 2.35. The van der Waals surface area contributed by atoms with Gasteiger partial charge >= 0.3 is 5.97 Å². The Bertz CT molecular complexity index is 747. The summed E-state index contributed by atoms with van der Waals surface area (Å²) in [6.07, 6.45) is -0.250. The molecular weight excluding hydrogens is 322 g/mol. The number of carboxylic acids is 1. The molecule has 2 aromatic rings. The summed E-state index contributed by atoms with van der Waals surface area (Å²) in [6, 6.07) is 5.55.